The van der Waals surface area contributed by atoms with Crippen LogP contribution in [0.3, 0.4) is 0 Å². The predicted octanol–water partition coefficient (Wildman–Crippen LogP) is 4.75. The molecule has 2 nitrogen and oxygen atoms in total. The SMILES string of the molecule is CC(=O)c1ccc(OCC2CCCC(C)C2)cc1Cl. The van der Waals surface area contributed by atoms with Gasteiger partial charge in [-0.2, -0.15) is 0 Å². The molecule has 2 rings (SSSR count). The summed E-state index contributed by atoms with van der Waals surface area (Å²) in [5.41, 5.74) is 0.556. The molecule has 3 heteroatoms. The van der Waals surface area contributed by atoms with E-state index >= 15 is 0 Å². The molecule has 0 saturated heterocycles. The summed E-state index contributed by atoms with van der Waals surface area (Å²) in [6.45, 7) is 4.58. The zero-order valence-electron chi connectivity index (χ0n) is 11.6. The van der Waals surface area contributed by atoms with E-state index in [9.17, 15) is 4.79 Å². The second kappa shape index (κ2) is 6.42. The van der Waals surface area contributed by atoms with Gasteiger partial charge in [0.05, 0.1) is 11.6 Å². The second-order valence-corrected chi connectivity index (χ2v) is 6.05. The first-order chi connectivity index (χ1) is 9.06. The molecule has 1 aliphatic carbocycles. The topological polar surface area (TPSA) is 26.3 Å². The summed E-state index contributed by atoms with van der Waals surface area (Å²) in [6.07, 6.45) is 5.15. The Balaban J connectivity index is 1.92. The fourth-order valence-electron chi connectivity index (χ4n) is 2.80. The highest BCUT2D eigenvalue weighted by atomic mass is 35.5. The smallest absolute Gasteiger partial charge is 0.161 e. The van der Waals surface area contributed by atoms with Gasteiger partial charge in [0.15, 0.2) is 5.78 Å². The highest BCUT2D eigenvalue weighted by molar-refractivity contribution is 6.34. The molecule has 0 radical (unpaired) electrons. The summed E-state index contributed by atoms with van der Waals surface area (Å²) in [6, 6.07) is 5.31. The number of carbonyl (C=O) groups is 1. The van der Waals surface area contributed by atoms with Gasteiger partial charge in [0, 0.05) is 5.56 Å². The predicted molar refractivity (Wildman–Crippen MR) is 78.1 cm³/mol. The van der Waals surface area contributed by atoms with Crippen LogP contribution >= 0.6 is 11.6 Å². The number of carbonyl (C=O) groups excluding carboxylic acids is 1. The van der Waals surface area contributed by atoms with Crippen LogP contribution in [0, 0.1) is 11.8 Å². The van der Waals surface area contributed by atoms with Gasteiger partial charge in [-0.15, -0.1) is 0 Å². The number of Topliss-reactive ketones (excluding diaryl/α,β-unsaturated/α-hetero) is 1. The summed E-state index contributed by atoms with van der Waals surface area (Å²) < 4.78 is 5.81. The Kier molecular flexibility index (Phi) is 4.87. The summed E-state index contributed by atoms with van der Waals surface area (Å²) in [4.78, 5) is 11.3. The first-order valence-electron chi connectivity index (χ1n) is 6.99. The van der Waals surface area contributed by atoms with Crippen LogP contribution in [0.2, 0.25) is 5.02 Å². The van der Waals surface area contributed by atoms with E-state index < -0.39 is 0 Å². The van der Waals surface area contributed by atoms with Gasteiger partial charge in [-0.3, -0.25) is 4.79 Å². The van der Waals surface area contributed by atoms with Gasteiger partial charge in [0.1, 0.15) is 5.75 Å². The lowest BCUT2D eigenvalue weighted by Crippen LogP contribution is -2.19. The number of hydrogen-bond donors (Lipinski definition) is 0. The Hall–Kier alpha value is -1.02. The average molecular weight is 281 g/mol. The molecule has 104 valence electrons. The molecule has 0 N–H and O–H groups in total. The molecule has 0 heterocycles. The van der Waals surface area contributed by atoms with Crippen molar-refractivity contribution >= 4 is 17.4 Å². The Labute approximate surface area is 120 Å². The quantitative estimate of drug-likeness (QED) is 0.744. The molecule has 1 saturated carbocycles. The van der Waals surface area contributed by atoms with Crippen molar-refractivity contribution in [3.8, 4) is 5.75 Å². The van der Waals surface area contributed by atoms with Gasteiger partial charge in [-0.05, 0) is 49.8 Å². The van der Waals surface area contributed by atoms with Gasteiger partial charge >= 0.3 is 0 Å². The number of rotatable bonds is 4. The molecule has 0 aliphatic heterocycles. The third kappa shape index (κ3) is 3.97. The number of ketones is 1. The van der Waals surface area contributed by atoms with Crippen molar-refractivity contribution in [1.82, 2.24) is 0 Å². The average Bonchev–Trinajstić information content (AvgIpc) is 2.36. The van der Waals surface area contributed by atoms with Gasteiger partial charge in [-0.1, -0.05) is 31.4 Å². The molecule has 2 unspecified atom stereocenters. The highest BCUT2D eigenvalue weighted by Gasteiger charge is 2.19. The first kappa shape index (κ1) is 14.4. The zero-order valence-corrected chi connectivity index (χ0v) is 12.4. The van der Waals surface area contributed by atoms with Crippen LogP contribution in [-0.4, -0.2) is 12.4 Å². The minimum absolute atomic E-state index is 0.0161. The molecule has 2 atom stereocenters. The molecular weight excluding hydrogens is 260 g/mol. The molecule has 0 spiro atoms. The minimum Gasteiger partial charge on any atom is -0.493 e. The van der Waals surface area contributed by atoms with Crippen molar-refractivity contribution in [1.29, 1.82) is 0 Å². The third-order valence-corrected chi connectivity index (χ3v) is 4.16. The molecule has 1 aromatic rings. The van der Waals surface area contributed by atoms with Crippen LogP contribution < -0.4 is 4.74 Å². The van der Waals surface area contributed by atoms with E-state index in [0.717, 1.165) is 18.3 Å². The van der Waals surface area contributed by atoms with Gasteiger partial charge < -0.3 is 4.74 Å². The summed E-state index contributed by atoms with van der Waals surface area (Å²) in [5.74, 6) is 2.20. The monoisotopic (exact) mass is 280 g/mol. The Morgan fingerprint density at radius 3 is 2.84 bits per heavy atom. The fraction of sp³-hybridized carbons (Fsp3) is 0.562. The Morgan fingerprint density at radius 2 is 2.21 bits per heavy atom. The summed E-state index contributed by atoms with van der Waals surface area (Å²) in [7, 11) is 0. The lowest BCUT2D eigenvalue weighted by atomic mass is 9.83. The molecule has 0 amide bonds. The van der Waals surface area contributed by atoms with Crippen molar-refractivity contribution in [2.75, 3.05) is 6.61 Å². The third-order valence-electron chi connectivity index (χ3n) is 3.85. The van der Waals surface area contributed by atoms with Crippen molar-refractivity contribution in [2.24, 2.45) is 11.8 Å². The molecule has 19 heavy (non-hydrogen) atoms. The standard InChI is InChI=1S/C16H21ClO2/c1-11-4-3-5-13(8-11)10-19-14-6-7-15(12(2)18)16(17)9-14/h6-7,9,11,13H,3-5,8,10H2,1-2H3. The maximum atomic E-state index is 11.3. The number of benzene rings is 1. The van der Waals surface area contributed by atoms with Gasteiger partial charge in [0.2, 0.25) is 0 Å². The Morgan fingerprint density at radius 1 is 1.42 bits per heavy atom. The normalized spacial score (nSPS) is 23.1. The second-order valence-electron chi connectivity index (χ2n) is 5.65. The van der Waals surface area contributed by atoms with Crippen molar-refractivity contribution in [3.05, 3.63) is 28.8 Å². The molecule has 1 fully saturated rings. The number of ether oxygens (including phenoxy) is 1. The van der Waals surface area contributed by atoms with Gasteiger partial charge in [0.25, 0.3) is 0 Å². The maximum Gasteiger partial charge on any atom is 0.161 e. The van der Waals surface area contributed by atoms with Crippen LogP contribution in [-0.2, 0) is 0 Å². The van der Waals surface area contributed by atoms with Crippen molar-refractivity contribution in [2.45, 2.75) is 39.5 Å². The number of hydrogen-bond acceptors (Lipinski definition) is 2. The maximum absolute atomic E-state index is 11.3. The van der Waals surface area contributed by atoms with Crippen LogP contribution in [0.1, 0.15) is 49.9 Å². The van der Waals surface area contributed by atoms with E-state index in [0.29, 0.717) is 16.5 Å². The molecule has 1 aromatic carbocycles. The lowest BCUT2D eigenvalue weighted by Gasteiger charge is -2.26. The van der Waals surface area contributed by atoms with Gasteiger partial charge in [-0.25, -0.2) is 0 Å². The highest BCUT2D eigenvalue weighted by Crippen LogP contribution is 2.30. The van der Waals surface area contributed by atoms with Crippen LogP contribution in [0.15, 0.2) is 18.2 Å². The largest absolute Gasteiger partial charge is 0.493 e. The fourth-order valence-corrected chi connectivity index (χ4v) is 3.10. The zero-order chi connectivity index (χ0) is 13.8. The summed E-state index contributed by atoms with van der Waals surface area (Å²) in [5, 5.41) is 0.474. The van der Waals surface area contributed by atoms with Crippen LogP contribution in [0.4, 0.5) is 0 Å². The molecular formula is C16H21ClO2. The summed E-state index contributed by atoms with van der Waals surface area (Å²) >= 11 is 6.07. The van der Waals surface area contributed by atoms with E-state index in [1.54, 1.807) is 12.1 Å². The Bertz CT molecular complexity index is 456. The van der Waals surface area contributed by atoms with E-state index in [2.05, 4.69) is 6.92 Å². The van der Waals surface area contributed by atoms with Crippen LogP contribution in [0.5, 0.6) is 5.75 Å². The number of halogens is 1. The molecule has 0 aromatic heterocycles. The molecule has 0 bridgehead atoms. The van der Waals surface area contributed by atoms with Crippen molar-refractivity contribution < 1.29 is 9.53 Å². The van der Waals surface area contributed by atoms with Crippen molar-refractivity contribution in [3.63, 3.8) is 0 Å². The van der Waals surface area contributed by atoms with Crippen LogP contribution in [0.25, 0.3) is 0 Å². The molecule has 1 aliphatic rings. The van der Waals surface area contributed by atoms with E-state index in [1.165, 1.54) is 32.6 Å². The van der Waals surface area contributed by atoms with E-state index in [-0.39, 0.29) is 5.78 Å². The van der Waals surface area contributed by atoms with E-state index in [4.69, 9.17) is 16.3 Å². The first-order valence-corrected chi connectivity index (χ1v) is 7.37. The minimum atomic E-state index is -0.0161. The van der Waals surface area contributed by atoms with E-state index in [1.807, 2.05) is 6.07 Å². The lowest BCUT2D eigenvalue weighted by molar-refractivity contribution is 0.101.